The van der Waals surface area contributed by atoms with Gasteiger partial charge >= 0.3 is 0 Å². The summed E-state index contributed by atoms with van der Waals surface area (Å²) in [6.45, 7) is 8.14. The normalized spacial score (nSPS) is 13.1. The maximum absolute atomic E-state index is 11.1. The van der Waals surface area contributed by atoms with Gasteiger partial charge in [-0.25, -0.2) is 0 Å². The van der Waals surface area contributed by atoms with Crippen molar-refractivity contribution in [2.24, 2.45) is 0 Å². The second-order valence-electron chi connectivity index (χ2n) is 4.17. The van der Waals surface area contributed by atoms with Gasteiger partial charge in [-0.2, -0.15) is 0 Å². The van der Waals surface area contributed by atoms with Crippen molar-refractivity contribution >= 4 is 14.5 Å². The Morgan fingerprint density at radius 1 is 1.31 bits per heavy atom. The summed E-state index contributed by atoms with van der Waals surface area (Å²) in [7, 11) is -1.71. The minimum Gasteiger partial charge on any atom is -0.444 e. The van der Waals surface area contributed by atoms with Gasteiger partial charge in [0.05, 0.1) is 0 Å². The van der Waals surface area contributed by atoms with Crippen LogP contribution in [-0.2, 0) is 4.53 Å². The Labute approximate surface area is 82.1 Å². The SMILES string of the molecule is CCCCC/C=[N+](\[O-])O[Si](C)(C)C. The van der Waals surface area contributed by atoms with Gasteiger partial charge in [0.1, 0.15) is 0 Å². The van der Waals surface area contributed by atoms with Crippen molar-refractivity contribution in [2.45, 2.75) is 52.2 Å². The highest BCUT2D eigenvalue weighted by atomic mass is 28.4. The molecule has 0 N–H and O–H groups in total. The van der Waals surface area contributed by atoms with Crippen molar-refractivity contribution in [1.29, 1.82) is 0 Å². The van der Waals surface area contributed by atoms with Gasteiger partial charge in [0.25, 0.3) is 0 Å². The van der Waals surface area contributed by atoms with Crippen molar-refractivity contribution < 1.29 is 9.43 Å². The first-order valence-electron chi connectivity index (χ1n) is 4.94. The number of nitrogens with zero attached hydrogens (tertiary/aromatic N) is 1. The summed E-state index contributed by atoms with van der Waals surface area (Å²) in [6, 6.07) is 0. The molecule has 3 nitrogen and oxygen atoms in total. The molecule has 13 heavy (non-hydrogen) atoms. The molecule has 0 aromatic heterocycles. The molecule has 0 unspecified atom stereocenters. The summed E-state index contributed by atoms with van der Waals surface area (Å²) in [6.07, 6.45) is 5.85. The Balaban J connectivity index is 3.63. The minimum absolute atomic E-state index is 0.641. The van der Waals surface area contributed by atoms with E-state index in [1.165, 1.54) is 12.8 Å². The molecule has 0 aromatic rings. The van der Waals surface area contributed by atoms with E-state index in [-0.39, 0.29) is 0 Å². The minimum atomic E-state index is -1.71. The van der Waals surface area contributed by atoms with Crippen molar-refractivity contribution in [3.63, 3.8) is 0 Å². The van der Waals surface area contributed by atoms with Gasteiger partial charge in [-0.15, -0.1) is 0 Å². The van der Waals surface area contributed by atoms with E-state index >= 15 is 0 Å². The van der Waals surface area contributed by atoms with E-state index in [0.29, 0.717) is 4.90 Å². The number of unbranched alkanes of at least 4 members (excludes halogenated alkanes) is 3. The standard InChI is InChI=1S/C9H21NO2Si/c1-5-6-7-8-9-10(11)12-13(2,3)4/h9H,5-8H2,1-4H3/b10-9+. The molecule has 0 rings (SSSR count). The van der Waals surface area contributed by atoms with Crippen LogP contribution in [0.4, 0.5) is 0 Å². The van der Waals surface area contributed by atoms with Crippen LogP contribution in [0.5, 0.6) is 0 Å². The van der Waals surface area contributed by atoms with Gasteiger partial charge in [-0.3, -0.25) is 5.21 Å². The number of hydrogen-bond donors (Lipinski definition) is 0. The van der Waals surface area contributed by atoms with E-state index in [1.54, 1.807) is 6.21 Å². The van der Waals surface area contributed by atoms with Gasteiger partial charge in [-0.1, -0.05) is 39.4 Å². The lowest BCUT2D eigenvalue weighted by atomic mass is 10.2. The van der Waals surface area contributed by atoms with Crippen molar-refractivity contribution in [1.82, 2.24) is 0 Å². The Kier molecular flexibility index (Phi) is 5.78. The second-order valence-corrected chi connectivity index (χ2v) is 8.57. The molecule has 0 aliphatic carbocycles. The molecular weight excluding hydrogens is 182 g/mol. The fourth-order valence-electron chi connectivity index (χ4n) is 0.898. The summed E-state index contributed by atoms with van der Waals surface area (Å²) < 4.78 is 5.18. The van der Waals surface area contributed by atoms with Crippen LogP contribution in [0.3, 0.4) is 0 Å². The van der Waals surface area contributed by atoms with Crippen LogP contribution in [0.15, 0.2) is 0 Å². The van der Waals surface area contributed by atoms with E-state index in [2.05, 4.69) is 6.92 Å². The first-order chi connectivity index (χ1) is 5.95. The summed E-state index contributed by atoms with van der Waals surface area (Å²) >= 11 is 0. The molecular formula is C9H21NO2Si. The third kappa shape index (κ3) is 9.40. The van der Waals surface area contributed by atoms with E-state index in [0.717, 1.165) is 12.8 Å². The van der Waals surface area contributed by atoms with Crippen LogP contribution >= 0.6 is 0 Å². The third-order valence-corrected chi connectivity index (χ3v) is 2.18. The topological polar surface area (TPSA) is 35.3 Å². The van der Waals surface area contributed by atoms with Crippen molar-refractivity contribution in [3.8, 4) is 0 Å². The van der Waals surface area contributed by atoms with E-state index in [9.17, 15) is 5.21 Å². The zero-order valence-electron chi connectivity index (χ0n) is 9.17. The molecule has 0 saturated carbocycles. The van der Waals surface area contributed by atoms with Crippen LogP contribution in [0.1, 0.15) is 32.6 Å². The Bertz CT molecular complexity index is 163. The monoisotopic (exact) mass is 203 g/mol. The molecule has 78 valence electrons. The first kappa shape index (κ1) is 12.5. The summed E-state index contributed by atoms with van der Waals surface area (Å²) in [5.74, 6) is 0. The van der Waals surface area contributed by atoms with E-state index in [1.807, 2.05) is 19.6 Å². The molecule has 4 heteroatoms. The highest BCUT2D eigenvalue weighted by molar-refractivity contribution is 6.69. The zero-order chi connectivity index (χ0) is 10.3. The van der Waals surface area contributed by atoms with Gasteiger partial charge in [-0.05, 0) is 6.42 Å². The maximum Gasteiger partial charge on any atom is 0.209 e. The van der Waals surface area contributed by atoms with Gasteiger partial charge < -0.3 is 4.53 Å². The average Bonchev–Trinajstić information content (AvgIpc) is 1.94. The highest BCUT2D eigenvalue weighted by Crippen LogP contribution is 2.02. The number of rotatable bonds is 6. The summed E-state index contributed by atoms with van der Waals surface area (Å²) in [5.41, 5.74) is 0. The molecule has 0 heterocycles. The fraction of sp³-hybridized carbons (Fsp3) is 0.889. The van der Waals surface area contributed by atoms with Crippen LogP contribution < -0.4 is 0 Å². The molecule has 0 bridgehead atoms. The van der Waals surface area contributed by atoms with Crippen molar-refractivity contribution in [2.75, 3.05) is 0 Å². The molecule has 0 amide bonds. The molecule has 0 atom stereocenters. The van der Waals surface area contributed by atoms with Crippen LogP contribution in [0, 0.1) is 5.21 Å². The fourth-order valence-corrected chi connectivity index (χ4v) is 1.51. The molecule has 0 saturated heterocycles. The van der Waals surface area contributed by atoms with E-state index < -0.39 is 8.32 Å². The molecule has 0 aliphatic heterocycles. The van der Waals surface area contributed by atoms with Gasteiger partial charge in [0.2, 0.25) is 6.21 Å². The van der Waals surface area contributed by atoms with Crippen LogP contribution in [0.2, 0.25) is 19.6 Å². The van der Waals surface area contributed by atoms with Crippen LogP contribution in [0.25, 0.3) is 0 Å². The lowest BCUT2D eigenvalue weighted by Gasteiger charge is -2.19. The zero-order valence-corrected chi connectivity index (χ0v) is 10.2. The summed E-state index contributed by atoms with van der Waals surface area (Å²) in [4.78, 5) is 0.641. The third-order valence-electron chi connectivity index (χ3n) is 1.45. The Hall–Kier alpha value is -0.513. The predicted molar refractivity (Wildman–Crippen MR) is 58.3 cm³/mol. The van der Waals surface area contributed by atoms with Crippen molar-refractivity contribution in [3.05, 3.63) is 5.21 Å². The average molecular weight is 203 g/mol. The smallest absolute Gasteiger partial charge is 0.209 e. The quantitative estimate of drug-likeness (QED) is 0.219. The van der Waals surface area contributed by atoms with Gasteiger partial charge in [0.15, 0.2) is 8.32 Å². The predicted octanol–water partition coefficient (Wildman–Crippen LogP) is 2.91. The van der Waals surface area contributed by atoms with Crippen LogP contribution in [-0.4, -0.2) is 19.4 Å². The largest absolute Gasteiger partial charge is 0.444 e. The lowest BCUT2D eigenvalue weighted by Crippen LogP contribution is -2.29. The highest BCUT2D eigenvalue weighted by Gasteiger charge is 2.13. The maximum atomic E-state index is 11.1. The first-order valence-corrected chi connectivity index (χ1v) is 8.35. The molecule has 0 fully saturated rings. The molecule has 0 aromatic carbocycles. The summed E-state index contributed by atoms with van der Waals surface area (Å²) in [5, 5.41) is 11.1. The lowest BCUT2D eigenvalue weighted by molar-refractivity contribution is -0.701. The van der Waals surface area contributed by atoms with Gasteiger partial charge in [0, 0.05) is 11.3 Å². The number of hydrogen-bond acceptors (Lipinski definition) is 2. The van der Waals surface area contributed by atoms with E-state index in [4.69, 9.17) is 4.53 Å². The second kappa shape index (κ2) is 6.02. The molecule has 0 spiro atoms. The Morgan fingerprint density at radius 3 is 2.38 bits per heavy atom. The molecule has 0 aliphatic rings. The molecule has 0 radical (unpaired) electrons. The Morgan fingerprint density at radius 2 is 1.92 bits per heavy atom.